The van der Waals surface area contributed by atoms with Gasteiger partial charge in [-0.15, -0.1) is 0 Å². The van der Waals surface area contributed by atoms with E-state index in [0.717, 1.165) is 40.5 Å². The maximum Gasteiger partial charge on any atom is 0.0744 e. The lowest BCUT2D eigenvalue weighted by molar-refractivity contribution is 0.707. The van der Waals surface area contributed by atoms with E-state index in [-0.39, 0.29) is 6.04 Å². The fourth-order valence-electron chi connectivity index (χ4n) is 3.97. The molecule has 142 valence electrons. The lowest BCUT2D eigenvalue weighted by atomic mass is 10.00. The minimum atomic E-state index is 0.137. The molecule has 2 nitrogen and oxygen atoms in total. The molecule has 1 N–H and O–H groups in total. The van der Waals surface area contributed by atoms with Crippen LogP contribution in [-0.4, -0.2) is 18.3 Å². The molecule has 0 saturated carbocycles. The highest BCUT2D eigenvalue weighted by molar-refractivity contribution is 6.31. The summed E-state index contributed by atoms with van der Waals surface area (Å²) >= 11 is 6.32. The maximum atomic E-state index is 6.32. The topological polar surface area (TPSA) is 24.4 Å². The van der Waals surface area contributed by atoms with Crippen LogP contribution in [-0.2, 0) is 6.42 Å². The minimum absolute atomic E-state index is 0.137. The van der Waals surface area contributed by atoms with Gasteiger partial charge >= 0.3 is 0 Å². The summed E-state index contributed by atoms with van der Waals surface area (Å²) in [6.07, 6.45) is 0.885. The van der Waals surface area contributed by atoms with Gasteiger partial charge in [0.05, 0.1) is 11.8 Å². The van der Waals surface area contributed by atoms with Gasteiger partial charge in [-0.05, 0) is 41.0 Å². The molecule has 5 rings (SSSR count). The normalized spacial score (nSPS) is 15.9. The van der Waals surface area contributed by atoms with Crippen molar-refractivity contribution in [2.75, 3.05) is 11.9 Å². The molecule has 0 aliphatic carbocycles. The molecular formula is C26H21ClN2. The molecule has 3 heteroatoms. The van der Waals surface area contributed by atoms with E-state index >= 15 is 0 Å². The second-order valence-corrected chi connectivity index (χ2v) is 7.89. The summed E-state index contributed by atoms with van der Waals surface area (Å²) in [4.78, 5) is 5.20. The van der Waals surface area contributed by atoms with Gasteiger partial charge < -0.3 is 5.32 Å². The number of aliphatic imine (C=N–C) groups is 1. The monoisotopic (exact) mass is 396 g/mol. The summed E-state index contributed by atoms with van der Waals surface area (Å²) in [6, 6.07) is 31.7. The highest BCUT2D eigenvalue weighted by atomic mass is 35.5. The van der Waals surface area contributed by atoms with E-state index in [1.165, 1.54) is 16.3 Å². The first-order valence-corrected chi connectivity index (χ1v) is 10.3. The van der Waals surface area contributed by atoms with Crippen LogP contribution in [0.1, 0.15) is 16.7 Å². The molecule has 1 unspecified atom stereocenters. The van der Waals surface area contributed by atoms with Gasteiger partial charge in [-0.3, -0.25) is 4.99 Å². The summed E-state index contributed by atoms with van der Waals surface area (Å²) in [5.41, 5.74) is 5.56. The van der Waals surface area contributed by atoms with Crippen LogP contribution in [0.25, 0.3) is 10.8 Å². The third kappa shape index (κ3) is 3.76. The Labute approximate surface area is 175 Å². The first-order valence-electron chi connectivity index (χ1n) is 9.91. The minimum Gasteiger partial charge on any atom is -0.382 e. The van der Waals surface area contributed by atoms with E-state index < -0.39 is 0 Å². The van der Waals surface area contributed by atoms with Crippen molar-refractivity contribution >= 4 is 33.8 Å². The van der Waals surface area contributed by atoms with Crippen LogP contribution in [0.2, 0.25) is 5.02 Å². The van der Waals surface area contributed by atoms with E-state index in [1.807, 2.05) is 18.2 Å². The lowest BCUT2D eigenvalue weighted by Gasteiger charge is -2.13. The Morgan fingerprint density at radius 1 is 0.828 bits per heavy atom. The van der Waals surface area contributed by atoms with Gasteiger partial charge in [-0.25, -0.2) is 0 Å². The van der Waals surface area contributed by atoms with E-state index in [1.54, 1.807) is 0 Å². The number of nitrogens with one attached hydrogen (secondary N) is 1. The zero-order valence-electron chi connectivity index (χ0n) is 16.0. The Morgan fingerprint density at radius 2 is 1.62 bits per heavy atom. The number of fused-ring (bicyclic) bond motifs is 2. The van der Waals surface area contributed by atoms with Crippen molar-refractivity contribution < 1.29 is 0 Å². The van der Waals surface area contributed by atoms with Crippen LogP contribution in [0.3, 0.4) is 0 Å². The van der Waals surface area contributed by atoms with E-state index in [9.17, 15) is 0 Å². The van der Waals surface area contributed by atoms with E-state index in [0.29, 0.717) is 0 Å². The Kier molecular flexibility index (Phi) is 4.79. The Hall–Kier alpha value is -3.10. The molecule has 0 radical (unpaired) electrons. The largest absolute Gasteiger partial charge is 0.382 e. The summed E-state index contributed by atoms with van der Waals surface area (Å²) < 4.78 is 0. The fraction of sp³-hybridized carbons (Fsp3) is 0.115. The average Bonchev–Trinajstić information content (AvgIpc) is 2.94. The molecule has 0 aromatic heterocycles. The van der Waals surface area contributed by atoms with Gasteiger partial charge in [0.1, 0.15) is 0 Å². The smallest absolute Gasteiger partial charge is 0.0744 e. The number of hydrogen-bond donors (Lipinski definition) is 1. The SMILES string of the molecule is Clc1ccc2c(c1)C(c1ccccc1)=NC(Cc1ccc3ccccc3c1)CN2. The van der Waals surface area contributed by atoms with Crippen molar-refractivity contribution in [1.82, 2.24) is 0 Å². The van der Waals surface area contributed by atoms with Gasteiger partial charge in [0, 0.05) is 28.4 Å². The number of rotatable bonds is 3. The highest BCUT2D eigenvalue weighted by Gasteiger charge is 2.20. The molecule has 0 fully saturated rings. The van der Waals surface area contributed by atoms with Gasteiger partial charge in [-0.1, -0.05) is 84.4 Å². The molecule has 0 spiro atoms. The first kappa shape index (κ1) is 18.0. The molecular weight excluding hydrogens is 376 g/mol. The predicted molar refractivity (Wildman–Crippen MR) is 123 cm³/mol. The van der Waals surface area contributed by atoms with Crippen LogP contribution < -0.4 is 5.32 Å². The van der Waals surface area contributed by atoms with Gasteiger partial charge in [-0.2, -0.15) is 0 Å². The lowest BCUT2D eigenvalue weighted by Crippen LogP contribution is -2.20. The molecule has 29 heavy (non-hydrogen) atoms. The molecule has 1 heterocycles. The van der Waals surface area contributed by atoms with E-state index in [4.69, 9.17) is 16.6 Å². The molecule has 0 amide bonds. The predicted octanol–water partition coefficient (Wildman–Crippen LogP) is 6.37. The third-order valence-electron chi connectivity index (χ3n) is 5.41. The summed E-state index contributed by atoms with van der Waals surface area (Å²) in [6.45, 7) is 0.789. The molecule has 1 atom stereocenters. The van der Waals surface area contributed by atoms with Crippen molar-refractivity contribution in [3.63, 3.8) is 0 Å². The third-order valence-corrected chi connectivity index (χ3v) is 5.64. The second kappa shape index (κ2) is 7.73. The van der Waals surface area contributed by atoms with Crippen LogP contribution in [0, 0.1) is 0 Å². The fourth-order valence-corrected chi connectivity index (χ4v) is 4.15. The molecule has 0 bridgehead atoms. The number of halogens is 1. The number of hydrogen-bond acceptors (Lipinski definition) is 2. The molecule has 0 saturated heterocycles. The summed E-state index contributed by atoms with van der Waals surface area (Å²) in [5, 5.41) is 6.85. The van der Waals surface area contributed by atoms with Crippen LogP contribution in [0.4, 0.5) is 5.69 Å². The van der Waals surface area contributed by atoms with Gasteiger partial charge in [0.15, 0.2) is 0 Å². The van der Waals surface area contributed by atoms with Crippen molar-refractivity contribution in [2.45, 2.75) is 12.5 Å². The van der Waals surface area contributed by atoms with Crippen LogP contribution >= 0.6 is 11.6 Å². The Bertz CT molecular complexity index is 1200. The Morgan fingerprint density at radius 3 is 2.48 bits per heavy atom. The number of anilines is 1. The molecule has 1 aliphatic heterocycles. The number of benzodiazepines with no additional fused rings is 1. The second-order valence-electron chi connectivity index (χ2n) is 7.45. The zero-order valence-corrected chi connectivity index (χ0v) is 16.7. The van der Waals surface area contributed by atoms with Crippen molar-refractivity contribution in [1.29, 1.82) is 0 Å². The average molecular weight is 397 g/mol. The summed E-state index contributed by atoms with van der Waals surface area (Å²) in [7, 11) is 0. The van der Waals surface area contributed by atoms with Crippen molar-refractivity contribution in [3.05, 3.63) is 113 Å². The van der Waals surface area contributed by atoms with Crippen LogP contribution in [0.15, 0.2) is 96.0 Å². The van der Waals surface area contributed by atoms with Gasteiger partial charge in [0.25, 0.3) is 0 Å². The first-order chi connectivity index (χ1) is 14.3. The van der Waals surface area contributed by atoms with E-state index in [2.05, 4.69) is 78.1 Å². The standard InChI is InChI=1S/C26H21ClN2/c27-22-12-13-25-24(16-22)26(20-7-2-1-3-8-20)29-23(17-28-25)15-18-10-11-19-6-4-5-9-21(19)14-18/h1-14,16,23,28H,15,17H2. The van der Waals surface area contributed by atoms with Crippen molar-refractivity contribution in [3.8, 4) is 0 Å². The Balaban J connectivity index is 1.54. The summed E-state index contributed by atoms with van der Waals surface area (Å²) in [5.74, 6) is 0. The quantitative estimate of drug-likeness (QED) is 0.427. The maximum absolute atomic E-state index is 6.32. The molecule has 4 aromatic carbocycles. The molecule has 4 aromatic rings. The number of nitrogens with zero attached hydrogens (tertiary/aromatic N) is 1. The van der Waals surface area contributed by atoms with Crippen LogP contribution in [0.5, 0.6) is 0 Å². The molecule has 1 aliphatic rings. The van der Waals surface area contributed by atoms with Crippen molar-refractivity contribution in [2.24, 2.45) is 4.99 Å². The highest BCUT2D eigenvalue weighted by Crippen LogP contribution is 2.28. The van der Waals surface area contributed by atoms with Gasteiger partial charge in [0.2, 0.25) is 0 Å². The zero-order chi connectivity index (χ0) is 19.6. The number of benzene rings is 4.